The van der Waals surface area contributed by atoms with Crippen LogP contribution in [0.1, 0.15) is 27.2 Å². The van der Waals surface area contributed by atoms with Gasteiger partial charge in [0, 0.05) is 12.6 Å². The largest absolute Gasteiger partial charge is 0.480 e. The number of aliphatic carboxylic acids is 1. The van der Waals surface area contributed by atoms with E-state index >= 15 is 0 Å². The van der Waals surface area contributed by atoms with Crippen LogP contribution in [0.4, 0.5) is 5.69 Å². The molecule has 1 aromatic carbocycles. The van der Waals surface area contributed by atoms with Gasteiger partial charge in [-0.1, -0.05) is 13.8 Å². The minimum atomic E-state index is -3.94. The molecule has 7 nitrogen and oxygen atoms in total. The van der Waals surface area contributed by atoms with Gasteiger partial charge < -0.3 is 10.4 Å². The number of rotatable bonds is 7. The highest BCUT2D eigenvalue weighted by Crippen LogP contribution is 2.15. The predicted octanol–water partition coefficient (Wildman–Crippen LogP) is 1.42. The zero-order valence-corrected chi connectivity index (χ0v) is 13.5. The van der Waals surface area contributed by atoms with Gasteiger partial charge in [0.2, 0.25) is 15.9 Å². The van der Waals surface area contributed by atoms with Crippen molar-refractivity contribution in [2.24, 2.45) is 5.92 Å². The van der Waals surface area contributed by atoms with Gasteiger partial charge >= 0.3 is 5.97 Å². The molecular weight excluding hydrogens is 308 g/mol. The number of hydrogen-bond acceptors (Lipinski definition) is 4. The Hall–Kier alpha value is -1.93. The van der Waals surface area contributed by atoms with Crippen LogP contribution in [0.25, 0.3) is 0 Å². The number of carbonyl (C=O) groups excluding carboxylic acids is 1. The van der Waals surface area contributed by atoms with E-state index < -0.39 is 22.0 Å². The van der Waals surface area contributed by atoms with Crippen molar-refractivity contribution in [3.05, 3.63) is 24.3 Å². The normalized spacial score (nSPS) is 12.9. The van der Waals surface area contributed by atoms with Crippen LogP contribution in [0, 0.1) is 5.92 Å². The maximum absolute atomic E-state index is 12.2. The molecule has 0 bridgehead atoms. The summed E-state index contributed by atoms with van der Waals surface area (Å²) in [5.41, 5.74) is 0.461. The summed E-state index contributed by atoms with van der Waals surface area (Å²) in [7, 11) is -3.94. The third kappa shape index (κ3) is 5.45. The molecule has 0 fully saturated rings. The monoisotopic (exact) mass is 328 g/mol. The van der Waals surface area contributed by atoms with Gasteiger partial charge in [-0.15, -0.1) is 0 Å². The minimum Gasteiger partial charge on any atom is -0.480 e. The number of sulfonamides is 1. The first-order chi connectivity index (χ1) is 10.1. The van der Waals surface area contributed by atoms with Gasteiger partial charge in [-0.25, -0.2) is 8.42 Å². The van der Waals surface area contributed by atoms with Crippen LogP contribution in [0.2, 0.25) is 0 Å². The fourth-order valence-electron chi connectivity index (χ4n) is 1.85. The number of amides is 1. The third-order valence-corrected chi connectivity index (χ3v) is 4.28. The Morgan fingerprint density at radius 2 is 1.73 bits per heavy atom. The Kier molecular flexibility index (Phi) is 6.07. The van der Waals surface area contributed by atoms with Crippen molar-refractivity contribution in [3.8, 4) is 0 Å². The van der Waals surface area contributed by atoms with E-state index in [1.54, 1.807) is 0 Å². The lowest BCUT2D eigenvalue weighted by Gasteiger charge is -2.16. The van der Waals surface area contributed by atoms with E-state index in [2.05, 4.69) is 10.0 Å². The SMILES string of the molecule is CC(=O)Nc1ccc(S(=O)(=O)N[C@H](CC(C)C)C(=O)O)cc1. The van der Waals surface area contributed by atoms with E-state index in [0.29, 0.717) is 5.69 Å². The van der Waals surface area contributed by atoms with Gasteiger partial charge in [0.1, 0.15) is 6.04 Å². The van der Waals surface area contributed by atoms with Gasteiger partial charge in [0.05, 0.1) is 4.90 Å². The van der Waals surface area contributed by atoms with Crippen LogP contribution in [0.5, 0.6) is 0 Å². The molecule has 0 aromatic heterocycles. The second-order valence-corrected chi connectivity index (χ2v) is 7.06. The number of benzene rings is 1. The van der Waals surface area contributed by atoms with Gasteiger partial charge in [0.25, 0.3) is 0 Å². The molecule has 1 atom stereocenters. The molecule has 0 unspecified atom stereocenters. The van der Waals surface area contributed by atoms with Crippen molar-refractivity contribution in [3.63, 3.8) is 0 Å². The Labute approximate surface area is 129 Å². The summed E-state index contributed by atoms with van der Waals surface area (Å²) < 4.78 is 26.6. The topological polar surface area (TPSA) is 113 Å². The number of hydrogen-bond donors (Lipinski definition) is 3. The van der Waals surface area contributed by atoms with Crippen molar-refractivity contribution >= 4 is 27.6 Å². The number of carboxylic acid groups (broad SMARTS) is 1. The molecule has 22 heavy (non-hydrogen) atoms. The van der Waals surface area contributed by atoms with E-state index in [0.717, 1.165) is 0 Å². The molecule has 0 aliphatic heterocycles. The Balaban J connectivity index is 2.93. The van der Waals surface area contributed by atoms with Crippen molar-refractivity contribution in [2.75, 3.05) is 5.32 Å². The van der Waals surface area contributed by atoms with Crippen molar-refractivity contribution in [2.45, 2.75) is 38.1 Å². The van der Waals surface area contributed by atoms with E-state index in [1.165, 1.54) is 31.2 Å². The summed E-state index contributed by atoms with van der Waals surface area (Å²) in [4.78, 5) is 22.0. The highest BCUT2D eigenvalue weighted by atomic mass is 32.2. The summed E-state index contributed by atoms with van der Waals surface area (Å²) >= 11 is 0. The molecule has 8 heteroatoms. The lowest BCUT2D eigenvalue weighted by Crippen LogP contribution is -2.41. The van der Waals surface area contributed by atoms with Crippen LogP contribution >= 0.6 is 0 Å². The molecule has 0 heterocycles. The van der Waals surface area contributed by atoms with E-state index in [4.69, 9.17) is 5.11 Å². The molecule has 0 radical (unpaired) electrons. The van der Waals surface area contributed by atoms with E-state index in [-0.39, 0.29) is 23.1 Å². The molecule has 0 aliphatic carbocycles. The molecule has 0 saturated carbocycles. The van der Waals surface area contributed by atoms with Crippen LogP contribution in [-0.2, 0) is 19.6 Å². The number of carboxylic acids is 1. The molecule has 3 N–H and O–H groups in total. The lowest BCUT2D eigenvalue weighted by molar-refractivity contribution is -0.139. The number of nitrogens with one attached hydrogen (secondary N) is 2. The molecule has 0 spiro atoms. The first kappa shape index (κ1) is 18.1. The highest BCUT2D eigenvalue weighted by Gasteiger charge is 2.26. The Bertz CT molecular complexity index is 638. The highest BCUT2D eigenvalue weighted by molar-refractivity contribution is 7.89. The maximum Gasteiger partial charge on any atom is 0.321 e. The average Bonchev–Trinajstić information content (AvgIpc) is 2.36. The maximum atomic E-state index is 12.2. The van der Waals surface area contributed by atoms with Crippen LogP contribution in [0.3, 0.4) is 0 Å². The molecule has 1 aromatic rings. The molecule has 1 amide bonds. The summed E-state index contributed by atoms with van der Waals surface area (Å²) in [6.45, 7) is 4.97. The number of carbonyl (C=O) groups is 2. The molecule has 0 saturated heterocycles. The van der Waals surface area contributed by atoms with E-state index in [9.17, 15) is 18.0 Å². The molecule has 0 aliphatic rings. The Morgan fingerprint density at radius 3 is 2.14 bits per heavy atom. The average molecular weight is 328 g/mol. The summed E-state index contributed by atoms with van der Waals surface area (Å²) in [5, 5.41) is 11.6. The van der Waals surface area contributed by atoms with Gasteiger partial charge in [0.15, 0.2) is 0 Å². The smallest absolute Gasteiger partial charge is 0.321 e. The third-order valence-electron chi connectivity index (χ3n) is 2.79. The molecule has 1 rings (SSSR count). The zero-order valence-electron chi connectivity index (χ0n) is 12.7. The van der Waals surface area contributed by atoms with Gasteiger partial charge in [-0.3, -0.25) is 9.59 Å². The first-order valence-corrected chi connectivity index (χ1v) is 8.23. The summed E-state index contributed by atoms with van der Waals surface area (Å²) in [6, 6.07) is 4.31. The predicted molar refractivity (Wildman–Crippen MR) is 81.9 cm³/mol. The van der Waals surface area contributed by atoms with E-state index in [1.807, 2.05) is 13.8 Å². The Morgan fingerprint density at radius 1 is 1.18 bits per heavy atom. The molecule has 122 valence electrons. The van der Waals surface area contributed by atoms with Crippen LogP contribution in [-0.4, -0.2) is 31.4 Å². The zero-order chi connectivity index (χ0) is 16.9. The lowest BCUT2D eigenvalue weighted by atomic mass is 10.1. The van der Waals surface area contributed by atoms with Crippen LogP contribution in [0.15, 0.2) is 29.2 Å². The fourth-order valence-corrected chi connectivity index (χ4v) is 3.05. The summed E-state index contributed by atoms with van der Waals surface area (Å²) in [6.07, 6.45) is 0.193. The minimum absolute atomic E-state index is 0.0333. The van der Waals surface area contributed by atoms with Crippen LogP contribution < -0.4 is 10.0 Å². The fraction of sp³-hybridized carbons (Fsp3) is 0.429. The second-order valence-electron chi connectivity index (χ2n) is 5.35. The van der Waals surface area contributed by atoms with Gasteiger partial charge in [-0.2, -0.15) is 4.72 Å². The molecular formula is C14H20N2O5S. The van der Waals surface area contributed by atoms with Crippen molar-refractivity contribution in [1.29, 1.82) is 0 Å². The van der Waals surface area contributed by atoms with Crippen molar-refractivity contribution in [1.82, 2.24) is 4.72 Å². The quantitative estimate of drug-likeness (QED) is 0.701. The first-order valence-electron chi connectivity index (χ1n) is 6.74. The van der Waals surface area contributed by atoms with Gasteiger partial charge in [-0.05, 0) is 36.6 Å². The second kappa shape index (κ2) is 7.37. The standard InChI is InChI=1S/C14H20N2O5S/c1-9(2)8-13(14(18)19)16-22(20,21)12-6-4-11(5-7-12)15-10(3)17/h4-7,9,13,16H,8H2,1-3H3,(H,15,17)(H,18,19)/t13-/m1/s1. The summed E-state index contributed by atoms with van der Waals surface area (Å²) in [5.74, 6) is -1.45. The number of anilines is 1. The van der Waals surface area contributed by atoms with Crippen molar-refractivity contribution < 1.29 is 23.1 Å².